The quantitative estimate of drug-likeness (QED) is 0.700. The van der Waals surface area contributed by atoms with Gasteiger partial charge in [0.25, 0.3) is 5.91 Å². The van der Waals surface area contributed by atoms with E-state index in [-0.39, 0.29) is 6.54 Å². The van der Waals surface area contributed by atoms with E-state index < -0.39 is 29.2 Å². The molecule has 2 rings (SSSR count). The Morgan fingerprint density at radius 2 is 2.14 bits per heavy atom. The molecular weight excluding hydrogens is 292 g/mol. The minimum atomic E-state index is -1.47. The van der Waals surface area contributed by atoms with Crippen LogP contribution in [0.1, 0.15) is 32.0 Å². The first-order chi connectivity index (χ1) is 10.1. The number of nitrogens with zero attached hydrogens (tertiary/aromatic N) is 1. The van der Waals surface area contributed by atoms with Gasteiger partial charge in [0.1, 0.15) is 11.9 Å². The molecule has 1 atom stereocenters. The van der Waals surface area contributed by atoms with E-state index in [1.54, 1.807) is 27.7 Å². The van der Waals surface area contributed by atoms with Crippen LogP contribution in [0, 0.1) is 6.92 Å². The number of hydrogen-bond donors (Lipinski definition) is 3. The number of ether oxygens (including phenoxy) is 1. The average Bonchev–Trinajstić information content (AvgIpc) is 2.89. The molecule has 1 saturated heterocycles. The van der Waals surface area contributed by atoms with Gasteiger partial charge < -0.3 is 19.9 Å². The van der Waals surface area contributed by atoms with Crippen LogP contribution in [-0.4, -0.2) is 35.3 Å². The van der Waals surface area contributed by atoms with Crippen LogP contribution in [0.5, 0.6) is 0 Å². The summed E-state index contributed by atoms with van der Waals surface area (Å²) < 4.78 is 9.95. The predicted molar refractivity (Wildman–Crippen MR) is 73.8 cm³/mol. The van der Waals surface area contributed by atoms with E-state index in [0.29, 0.717) is 11.3 Å². The van der Waals surface area contributed by atoms with E-state index in [1.165, 1.54) is 6.26 Å². The van der Waals surface area contributed by atoms with Crippen LogP contribution in [0.25, 0.3) is 0 Å². The molecule has 1 aliphatic rings. The number of carbonyl (C=O) groups is 3. The molecule has 1 fully saturated rings. The van der Waals surface area contributed by atoms with Gasteiger partial charge in [-0.2, -0.15) is 0 Å². The molecule has 9 heteroatoms. The Morgan fingerprint density at radius 1 is 1.45 bits per heavy atom. The van der Waals surface area contributed by atoms with Crippen molar-refractivity contribution in [1.82, 2.24) is 21.1 Å². The molecule has 2 heterocycles. The van der Waals surface area contributed by atoms with Crippen LogP contribution >= 0.6 is 0 Å². The highest BCUT2D eigenvalue weighted by Gasteiger charge is 2.50. The number of carbonyl (C=O) groups excluding carboxylic acids is 3. The third-order valence-electron chi connectivity index (χ3n) is 3.05. The Balaban J connectivity index is 2.21. The fourth-order valence-corrected chi connectivity index (χ4v) is 2.12. The van der Waals surface area contributed by atoms with E-state index >= 15 is 0 Å². The maximum atomic E-state index is 12.2. The van der Waals surface area contributed by atoms with Gasteiger partial charge in [0.2, 0.25) is 0 Å². The lowest BCUT2D eigenvalue weighted by Crippen LogP contribution is -2.53. The normalized spacial score (nSPS) is 21.3. The average molecular weight is 310 g/mol. The number of urea groups is 1. The molecule has 1 aromatic heterocycles. The van der Waals surface area contributed by atoms with E-state index in [4.69, 9.17) is 9.26 Å². The SMILES string of the molecule is Cc1nocc1C1(CNC(=O)OC(C)(C)C)NC(=O)NC1=O. The zero-order valence-electron chi connectivity index (χ0n) is 12.8. The molecule has 1 aromatic rings. The monoisotopic (exact) mass is 310 g/mol. The number of alkyl carbamates (subject to hydrolysis) is 1. The van der Waals surface area contributed by atoms with Crippen molar-refractivity contribution in [2.45, 2.75) is 38.8 Å². The molecule has 0 saturated carbocycles. The van der Waals surface area contributed by atoms with Crippen molar-refractivity contribution in [3.05, 3.63) is 17.5 Å². The Hall–Kier alpha value is -2.58. The summed E-state index contributed by atoms with van der Waals surface area (Å²) in [6.07, 6.45) is 0.562. The fourth-order valence-electron chi connectivity index (χ4n) is 2.12. The zero-order chi connectivity index (χ0) is 16.5. The molecule has 9 nitrogen and oxygen atoms in total. The van der Waals surface area contributed by atoms with Crippen molar-refractivity contribution in [3.8, 4) is 0 Å². The highest BCUT2D eigenvalue weighted by Crippen LogP contribution is 2.27. The van der Waals surface area contributed by atoms with Crippen molar-refractivity contribution in [1.29, 1.82) is 0 Å². The Morgan fingerprint density at radius 3 is 2.59 bits per heavy atom. The molecule has 0 aromatic carbocycles. The molecule has 0 radical (unpaired) electrons. The third-order valence-corrected chi connectivity index (χ3v) is 3.05. The van der Waals surface area contributed by atoms with Gasteiger partial charge >= 0.3 is 12.1 Å². The third kappa shape index (κ3) is 3.02. The highest BCUT2D eigenvalue weighted by atomic mass is 16.6. The maximum Gasteiger partial charge on any atom is 0.407 e. The summed E-state index contributed by atoms with van der Waals surface area (Å²) in [6, 6.07) is -0.656. The molecule has 4 amide bonds. The number of rotatable bonds is 3. The Labute approximate surface area is 126 Å². The van der Waals surface area contributed by atoms with Crippen molar-refractivity contribution < 1.29 is 23.6 Å². The van der Waals surface area contributed by atoms with Crippen LogP contribution < -0.4 is 16.0 Å². The lowest BCUT2D eigenvalue weighted by molar-refractivity contribution is -0.124. The van der Waals surface area contributed by atoms with Crippen molar-refractivity contribution in [3.63, 3.8) is 0 Å². The first kappa shape index (κ1) is 15.8. The Kier molecular flexibility index (Phi) is 3.82. The largest absolute Gasteiger partial charge is 0.444 e. The Bertz CT molecular complexity index is 618. The standard InChI is InChI=1S/C13H18N4O5/c1-7-8(5-21-17-7)13(9(18)15-10(19)16-13)6-14-11(20)22-12(2,3)4/h5H,6H2,1-4H3,(H,14,20)(H2,15,16,18,19). The van der Waals surface area contributed by atoms with E-state index in [2.05, 4.69) is 21.1 Å². The van der Waals surface area contributed by atoms with Crippen molar-refractivity contribution in [2.24, 2.45) is 0 Å². The van der Waals surface area contributed by atoms with Gasteiger partial charge in [-0.25, -0.2) is 9.59 Å². The van der Waals surface area contributed by atoms with Crippen molar-refractivity contribution >= 4 is 18.0 Å². The van der Waals surface area contributed by atoms with Crippen LogP contribution in [-0.2, 0) is 15.1 Å². The summed E-state index contributed by atoms with van der Waals surface area (Å²) in [4.78, 5) is 35.5. The molecule has 0 aliphatic carbocycles. The summed E-state index contributed by atoms with van der Waals surface area (Å²) >= 11 is 0. The lowest BCUT2D eigenvalue weighted by atomic mass is 9.90. The summed E-state index contributed by atoms with van der Waals surface area (Å²) in [7, 11) is 0. The summed E-state index contributed by atoms with van der Waals surface area (Å²) in [5.74, 6) is -0.597. The van der Waals surface area contributed by atoms with E-state index in [9.17, 15) is 14.4 Å². The summed E-state index contributed by atoms with van der Waals surface area (Å²) in [5.41, 5.74) is -1.35. The first-order valence-corrected chi connectivity index (χ1v) is 6.66. The maximum absolute atomic E-state index is 12.2. The topological polar surface area (TPSA) is 123 Å². The molecule has 22 heavy (non-hydrogen) atoms. The minimum Gasteiger partial charge on any atom is -0.444 e. The fraction of sp³-hybridized carbons (Fsp3) is 0.538. The molecule has 3 N–H and O–H groups in total. The zero-order valence-corrected chi connectivity index (χ0v) is 12.8. The number of amides is 4. The second kappa shape index (κ2) is 5.32. The number of aryl methyl sites for hydroxylation is 1. The molecule has 0 bridgehead atoms. The number of hydrogen-bond acceptors (Lipinski definition) is 6. The molecule has 120 valence electrons. The number of nitrogens with one attached hydrogen (secondary N) is 3. The van der Waals surface area contributed by atoms with Gasteiger partial charge in [-0.15, -0.1) is 0 Å². The number of imide groups is 1. The summed E-state index contributed by atoms with van der Waals surface area (Å²) in [6.45, 7) is 6.59. The molecule has 0 spiro atoms. The van der Waals surface area contributed by atoms with Crippen LogP contribution in [0.3, 0.4) is 0 Å². The molecular formula is C13H18N4O5. The van der Waals surface area contributed by atoms with E-state index in [0.717, 1.165) is 0 Å². The number of aromatic nitrogens is 1. The van der Waals surface area contributed by atoms with Crippen LogP contribution in [0.4, 0.5) is 9.59 Å². The summed E-state index contributed by atoms with van der Waals surface area (Å²) in [5, 5.41) is 10.8. The second-order valence-electron chi connectivity index (χ2n) is 5.98. The lowest BCUT2D eigenvalue weighted by Gasteiger charge is -2.26. The minimum absolute atomic E-state index is 0.193. The van der Waals surface area contributed by atoms with Crippen LogP contribution in [0.2, 0.25) is 0 Å². The van der Waals surface area contributed by atoms with Crippen molar-refractivity contribution in [2.75, 3.05) is 6.54 Å². The van der Waals surface area contributed by atoms with Gasteiger partial charge in [-0.1, -0.05) is 5.16 Å². The molecule has 1 aliphatic heterocycles. The smallest absolute Gasteiger partial charge is 0.407 e. The van der Waals surface area contributed by atoms with Gasteiger partial charge in [0, 0.05) is 0 Å². The first-order valence-electron chi connectivity index (χ1n) is 6.66. The van der Waals surface area contributed by atoms with Gasteiger partial charge in [0.05, 0.1) is 17.8 Å². The van der Waals surface area contributed by atoms with Crippen LogP contribution in [0.15, 0.2) is 10.8 Å². The van der Waals surface area contributed by atoms with Gasteiger partial charge in [-0.3, -0.25) is 10.1 Å². The van der Waals surface area contributed by atoms with E-state index in [1.807, 2.05) is 0 Å². The second-order valence-corrected chi connectivity index (χ2v) is 5.98. The van der Waals surface area contributed by atoms with Gasteiger partial charge in [0.15, 0.2) is 5.54 Å². The highest BCUT2D eigenvalue weighted by molar-refractivity contribution is 6.07. The molecule has 1 unspecified atom stereocenters. The predicted octanol–water partition coefficient (Wildman–Crippen LogP) is 0.542. The van der Waals surface area contributed by atoms with Gasteiger partial charge in [-0.05, 0) is 27.7 Å².